The molecule has 0 saturated carbocycles. The van der Waals surface area contributed by atoms with Crippen molar-refractivity contribution >= 4 is 39.5 Å². The van der Waals surface area contributed by atoms with Crippen molar-refractivity contribution < 1.29 is 0 Å². The molecule has 3 aromatic carbocycles. The lowest BCUT2D eigenvalue weighted by atomic mass is 10.2. The predicted molar refractivity (Wildman–Crippen MR) is 159 cm³/mol. The van der Waals surface area contributed by atoms with Gasteiger partial charge in [-0.1, -0.05) is 54.6 Å². The largest absolute Gasteiger partial charge is 0.351 e. The molecule has 9 heteroatoms. The summed E-state index contributed by atoms with van der Waals surface area (Å²) >= 11 is 0. The molecule has 1 aliphatic rings. The third-order valence-electron chi connectivity index (χ3n) is 7.50. The molecule has 0 spiro atoms. The van der Waals surface area contributed by atoms with Crippen molar-refractivity contribution in [1.29, 1.82) is 0 Å². The molecule has 1 fully saturated rings. The van der Waals surface area contributed by atoms with Crippen LogP contribution in [0.2, 0.25) is 0 Å². The molecule has 0 radical (unpaired) electrons. The molecule has 0 amide bonds. The second-order valence-electron chi connectivity index (χ2n) is 10.3. The van der Waals surface area contributed by atoms with Crippen LogP contribution in [0.3, 0.4) is 0 Å². The lowest BCUT2D eigenvalue weighted by Crippen LogP contribution is -2.46. The van der Waals surface area contributed by atoms with Crippen molar-refractivity contribution in [2.45, 2.75) is 13.5 Å². The summed E-state index contributed by atoms with van der Waals surface area (Å²) in [5, 5.41) is 8.38. The number of para-hydroxylation sites is 4. The van der Waals surface area contributed by atoms with Gasteiger partial charge in [0, 0.05) is 45.8 Å². The molecule has 4 heterocycles. The Morgan fingerprint density at radius 3 is 2.17 bits per heavy atom. The minimum absolute atomic E-state index is 0.718. The fourth-order valence-electron chi connectivity index (χ4n) is 5.44. The molecule has 0 atom stereocenters. The maximum absolute atomic E-state index is 5.10. The number of rotatable bonds is 6. The number of benzene rings is 3. The highest BCUT2D eigenvalue weighted by Gasteiger charge is 2.24. The molecule has 1 saturated heterocycles. The molecule has 40 heavy (non-hydrogen) atoms. The van der Waals surface area contributed by atoms with Crippen LogP contribution in [0, 0.1) is 6.92 Å². The van der Waals surface area contributed by atoms with Crippen molar-refractivity contribution in [2.75, 3.05) is 36.4 Å². The van der Waals surface area contributed by atoms with E-state index in [1.807, 2.05) is 67.2 Å². The zero-order valence-electron chi connectivity index (χ0n) is 22.7. The molecule has 0 unspecified atom stereocenters. The van der Waals surface area contributed by atoms with Gasteiger partial charge in [-0.25, -0.2) is 15.0 Å². The normalized spacial score (nSPS) is 14.3. The summed E-state index contributed by atoms with van der Waals surface area (Å²) in [4.78, 5) is 19.9. The van der Waals surface area contributed by atoms with Gasteiger partial charge in [-0.05, 0) is 36.8 Å². The van der Waals surface area contributed by atoms with Crippen LogP contribution < -0.4 is 10.2 Å². The van der Waals surface area contributed by atoms with E-state index >= 15 is 0 Å². The number of aryl methyl sites for hydroxylation is 2. The average Bonchev–Trinajstić information content (AvgIpc) is 3.52. The summed E-state index contributed by atoms with van der Waals surface area (Å²) in [6.07, 6.45) is 0. The van der Waals surface area contributed by atoms with Gasteiger partial charge in [0.25, 0.3) is 0 Å². The van der Waals surface area contributed by atoms with Crippen molar-refractivity contribution in [3.8, 4) is 5.95 Å². The van der Waals surface area contributed by atoms with Gasteiger partial charge in [0.2, 0.25) is 5.95 Å². The van der Waals surface area contributed by atoms with Crippen LogP contribution in [0.1, 0.15) is 11.3 Å². The highest BCUT2D eigenvalue weighted by atomic mass is 15.4. The Bertz CT molecular complexity index is 1800. The summed E-state index contributed by atoms with van der Waals surface area (Å²) in [6, 6.07) is 28.8. The lowest BCUT2D eigenvalue weighted by Gasteiger charge is -2.36. The Labute approximate surface area is 232 Å². The maximum atomic E-state index is 5.10. The fraction of sp³-hybridized carbons (Fsp3) is 0.226. The van der Waals surface area contributed by atoms with Crippen LogP contribution in [0.5, 0.6) is 0 Å². The highest BCUT2D eigenvalue weighted by molar-refractivity contribution is 5.82. The van der Waals surface area contributed by atoms with Crippen LogP contribution in [-0.4, -0.2) is 60.4 Å². The van der Waals surface area contributed by atoms with Gasteiger partial charge in [0.1, 0.15) is 5.82 Å². The Kier molecular flexibility index (Phi) is 6.13. The van der Waals surface area contributed by atoms with E-state index in [2.05, 4.69) is 56.1 Å². The van der Waals surface area contributed by atoms with E-state index in [4.69, 9.17) is 20.1 Å². The number of nitrogens with one attached hydrogen (secondary N) is 1. The van der Waals surface area contributed by atoms with Crippen molar-refractivity contribution in [3.05, 3.63) is 96.2 Å². The van der Waals surface area contributed by atoms with E-state index in [1.54, 1.807) is 0 Å². The number of piperazine rings is 1. The maximum Gasteiger partial charge on any atom is 0.233 e. The summed E-state index contributed by atoms with van der Waals surface area (Å²) in [5.41, 5.74) is 5.94. The van der Waals surface area contributed by atoms with Crippen LogP contribution in [0.15, 0.2) is 84.9 Å². The summed E-state index contributed by atoms with van der Waals surface area (Å²) < 4.78 is 3.92. The lowest BCUT2D eigenvalue weighted by molar-refractivity contribution is 0.249. The molecule has 200 valence electrons. The second kappa shape index (κ2) is 10.1. The quantitative estimate of drug-likeness (QED) is 0.322. The summed E-state index contributed by atoms with van der Waals surface area (Å²) in [6.45, 7) is 6.61. The third-order valence-corrected chi connectivity index (χ3v) is 7.50. The topological polar surface area (TPSA) is 79.9 Å². The first-order valence-corrected chi connectivity index (χ1v) is 13.7. The first-order valence-electron chi connectivity index (χ1n) is 13.7. The van der Waals surface area contributed by atoms with E-state index in [0.717, 1.165) is 83.9 Å². The number of hydrogen-bond acceptors (Lipinski definition) is 7. The number of nitrogens with zero attached hydrogens (tertiary/aromatic N) is 8. The highest BCUT2D eigenvalue weighted by Crippen LogP contribution is 2.30. The molecule has 9 nitrogen and oxygen atoms in total. The van der Waals surface area contributed by atoms with Crippen molar-refractivity contribution in [2.24, 2.45) is 7.05 Å². The van der Waals surface area contributed by atoms with Crippen LogP contribution in [0.25, 0.3) is 28.0 Å². The molecule has 0 aliphatic carbocycles. The van der Waals surface area contributed by atoms with E-state index in [9.17, 15) is 0 Å². The van der Waals surface area contributed by atoms with Crippen molar-refractivity contribution in [3.63, 3.8) is 0 Å². The number of fused-ring (bicyclic) bond motifs is 2. The summed E-state index contributed by atoms with van der Waals surface area (Å²) in [5.74, 6) is 3.11. The minimum Gasteiger partial charge on any atom is -0.351 e. The van der Waals surface area contributed by atoms with Crippen LogP contribution >= 0.6 is 0 Å². The number of aromatic nitrogens is 6. The molecule has 0 bridgehead atoms. The van der Waals surface area contributed by atoms with Crippen LogP contribution in [-0.2, 0) is 13.6 Å². The summed E-state index contributed by atoms with van der Waals surface area (Å²) in [7, 11) is 2.02. The Morgan fingerprint density at radius 2 is 1.43 bits per heavy atom. The zero-order chi connectivity index (χ0) is 27.1. The SMILES string of the molecule is Cc1cc(Nc2nc3ccccc3nc2N2CCN(Cc3ccccc3)CC2)n(-c2nc3ccccc3n2C)n1. The number of anilines is 3. The first-order chi connectivity index (χ1) is 19.6. The van der Waals surface area contributed by atoms with E-state index < -0.39 is 0 Å². The third kappa shape index (κ3) is 4.54. The minimum atomic E-state index is 0.718. The van der Waals surface area contributed by atoms with Gasteiger partial charge < -0.3 is 14.8 Å². The standard InChI is InChI=1S/C31H31N9/c1-22-20-28(40(36-22)31-34-26-14-8-9-15-27(26)37(31)2)35-29-30(33-25-13-7-6-12-24(25)32-29)39-18-16-38(17-19-39)21-23-10-4-3-5-11-23/h3-15,20H,16-19,21H2,1-2H3,(H,32,35). The molecule has 1 aliphatic heterocycles. The first kappa shape index (κ1) is 24.3. The van der Waals surface area contributed by atoms with Gasteiger partial charge in [0.05, 0.1) is 27.8 Å². The molecular weight excluding hydrogens is 498 g/mol. The Morgan fingerprint density at radius 1 is 0.750 bits per heavy atom. The molecule has 1 N–H and O–H groups in total. The van der Waals surface area contributed by atoms with Gasteiger partial charge >= 0.3 is 0 Å². The predicted octanol–water partition coefficient (Wildman–Crippen LogP) is 5.08. The smallest absolute Gasteiger partial charge is 0.233 e. The zero-order valence-corrected chi connectivity index (χ0v) is 22.7. The molecule has 3 aromatic heterocycles. The van der Waals surface area contributed by atoms with Gasteiger partial charge in [-0.3, -0.25) is 4.90 Å². The average molecular weight is 530 g/mol. The fourth-order valence-corrected chi connectivity index (χ4v) is 5.44. The monoisotopic (exact) mass is 529 g/mol. The van der Waals surface area contributed by atoms with Gasteiger partial charge in [-0.2, -0.15) is 9.78 Å². The van der Waals surface area contributed by atoms with Crippen LogP contribution in [0.4, 0.5) is 17.5 Å². The Hall–Kier alpha value is -4.76. The van der Waals surface area contributed by atoms with E-state index in [-0.39, 0.29) is 0 Å². The van der Waals surface area contributed by atoms with E-state index in [0.29, 0.717) is 0 Å². The second-order valence-corrected chi connectivity index (χ2v) is 10.3. The molecule has 7 rings (SSSR count). The Balaban J connectivity index is 1.22. The van der Waals surface area contributed by atoms with E-state index in [1.165, 1.54) is 5.56 Å². The van der Waals surface area contributed by atoms with Crippen molar-refractivity contribution in [1.82, 2.24) is 34.2 Å². The molecular formula is C31H31N9. The molecule has 6 aromatic rings. The number of hydrogen-bond donors (Lipinski definition) is 1. The number of imidazole rings is 1. The van der Waals surface area contributed by atoms with Gasteiger partial charge in [0.15, 0.2) is 11.6 Å². The van der Waals surface area contributed by atoms with Gasteiger partial charge in [-0.15, -0.1) is 0 Å².